The molecule has 5 nitrogen and oxygen atoms in total. The van der Waals surface area contributed by atoms with E-state index in [9.17, 15) is 18.4 Å². The van der Waals surface area contributed by atoms with Gasteiger partial charge in [0.15, 0.2) is 6.61 Å². The highest BCUT2D eigenvalue weighted by Crippen LogP contribution is 2.42. The Kier molecular flexibility index (Phi) is 6.78. The van der Waals surface area contributed by atoms with Gasteiger partial charge in [0, 0.05) is 12.2 Å². The first-order chi connectivity index (χ1) is 14.5. The molecule has 0 aromatic heterocycles. The molecule has 0 aliphatic heterocycles. The van der Waals surface area contributed by atoms with Crippen molar-refractivity contribution in [3.05, 3.63) is 65.7 Å². The van der Waals surface area contributed by atoms with Crippen LogP contribution in [0.3, 0.4) is 0 Å². The zero-order valence-electron chi connectivity index (χ0n) is 16.4. The molecule has 3 rings (SSSR count). The Morgan fingerprint density at radius 1 is 1.07 bits per heavy atom. The lowest BCUT2D eigenvalue weighted by Crippen LogP contribution is -2.40. The molecule has 156 valence electrons. The van der Waals surface area contributed by atoms with E-state index in [0.717, 1.165) is 12.8 Å². The first kappa shape index (κ1) is 21.4. The van der Waals surface area contributed by atoms with Gasteiger partial charge in [-0.15, -0.1) is 0 Å². The molecule has 30 heavy (non-hydrogen) atoms. The smallest absolute Gasteiger partial charge is 0.317 e. The van der Waals surface area contributed by atoms with Crippen LogP contribution in [0, 0.1) is 23.0 Å². The van der Waals surface area contributed by atoms with Gasteiger partial charge in [-0.05, 0) is 54.8 Å². The van der Waals surface area contributed by atoms with E-state index < -0.39 is 35.5 Å². The Morgan fingerprint density at radius 2 is 1.77 bits per heavy atom. The fourth-order valence-electron chi connectivity index (χ4n) is 3.90. The van der Waals surface area contributed by atoms with Crippen LogP contribution in [-0.2, 0) is 19.7 Å². The van der Waals surface area contributed by atoms with Crippen molar-refractivity contribution < 1.29 is 23.1 Å². The summed E-state index contributed by atoms with van der Waals surface area (Å²) in [6.45, 7) is -0.424. The number of nitrogens with zero attached hydrogens (tertiary/aromatic N) is 2. The Morgan fingerprint density at radius 3 is 2.40 bits per heavy atom. The van der Waals surface area contributed by atoms with Crippen LogP contribution in [0.4, 0.5) is 14.5 Å². The van der Waals surface area contributed by atoms with Crippen molar-refractivity contribution in [2.45, 2.75) is 37.5 Å². The second kappa shape index (κ2) is 9.49. The lowest BCUT2D eigenvalue weighted by Gasteiger charge is -2.28. The molecule has 0 radical (unpaired) electrons. The summed E-state index contributed by atoms with van der Waals surface area (Å²) in [5.74, 6) is -1.95. The minimum Gasteiger partial charge on any atom is -0.455 e. The summed E-state index contributed by atoms with van der Waals surface area (Å²) in [7, 11) is 0. The second-order valence-electron chi connectivity index (χ2n) is 7.31. The van der Waals surface area contributed by atoms with Gasteiger partial charge in [-0.25, -0.2) is 8.78 Å². The Hall–Kier alpha value is -3.27. The highest BCUT2D eigenvalue weighted by atomic mass is 19.1. The molecule has 0 atom stereocenters. The zero-order valence-corrected chi connectivity index (χ0v) is 16.4. The normalized spacial score (nSPS) is 14.7. The largest absolute Gasteiger partial charge is 0.455 e. The zero-order chi connectivity index (χ0) is 21.6. The number of benzene rings is 2. The number of esters is 1. The molecule has 0 heterocycles. The van der Waals surface area contributed by atoms with E-state index in [1.165, 1.54) is 41.3 Å². The van der Waals surface area contributed by atoms with Gasteiger partial charge in [-0.2, -0.15) is 5.26 Å². The first-order valence-electron chi connectivity index (χ1n) is 9.82. The molecule has 0 saturated heterocycles. The Bertz CT molecular complexity index is 948. The first-order valence-corrected chi connectivity index (χ1v) is 9.82. The van der Waals surface area contributed by atoms with Crippen LogP contribution in [0.1, 0.15) is 37.7 Å². The van der Waals surface area contributed by atoms with E-state index >= 15 is 0 Å². The third-order valence-corrected chi connectivity index (χ3v) is 5.44. The quantitative estimate of drug-likeness (QED) is 0.637. The highest BCUT2D eigenvalue weighted by molar-refractivity contribution is 5.96. The molecule has 1 aliphatic carbocycles. The van der Waals surface area contributed by atoms with Gasteiger partial charge in [-0.1, -0.05) is 25.0 Å². The van der Waals surface area contributed by atoms with Gasteiger partial charge >= 0.3 is 5.97 Å². The molecule has 0 unspecified atom stereocenters. The molecule has 2 aromatic carbocycles. The number of hydrogen-bond donors (Lipinski definition) is 0. The maximum Gasteiger partial charge on any atom is 0.317 e. The SMILES string of the molecule is N#CCCN(C(=O)COC(=O)C1(c2cccc(F)c2)CCCC1)c1ccc(F)cc1. The molecule has 1 saturated carbocycles. The van der Waals surface area contributed by atoms with E-state index in [1.54, 1.807) is 12.1 Å². The van der Waals surface area contributed by atoms with Gasteiger partial charge in [0.2, 0.25) is 0 Å². The number of nitriles is 1. The summed E-state index contributed by atoms with van der Waals surface area (Å²) in [6, 6.07) is 13.2. The molecule has 1 aliphatic rings. The average Bonchev–Trinajstić information content (AvgIpc) is 3.25. The number of carbonyl (C=O) groups excluding carboxylic acids is 2. The molecule has 1 fully saturated rings. The fraction of sp³-hybridized carbons (Fsp3) is 0.348. The van der Waals surface area contributed by atoms with Crippen molar-refractivity contribution in [1.29, 1.82) is 5.26 Å². The van der Waals surface area contributed by atoms with Crippen molar-refractivity contribution in [3.63, 3.8) is 0 Å². The van der Waals surface area contributed by atoms with E-state index in [1.807, 2.05) is 6.07 Å². The molecule has 0 N–H and O–H groups in total. The monoisotopic (exact) mass is 412 g/mol. The lowest BCUT2D eigenvalue weighted by atomic mass is 9.79. The number of ether oxygens (including phenoxy) is 1. The maximum atomic E-state index is 13.7. The second-order valence-corrected chi connectivity index (χ2v) is 7.31. The highest BCUT2D eigenvalue weighted by Gasteiger charge is 2.44. The van der Waals surface area contributed by atoms with Crippen LogP contribution in [0.25, 0.3) is 0 Å². The van der Waals surface area contributed by atoms with Crippen molar-refractivity contribution in [3.8, 4) is 6.07 Å². The minimum absolute atomic E-state index is 0.0737. The number of halogens is 2. The molecule has 2 aromatic rings. The van der Waals surface area contributed by atoms with Crippen LogP contribution in [-0.4, -0.2) is 25.0 Å². The summed E-state index contributed by atoms with van der Waals surface area (Å²) < 4.78 is 32.3. The summed E-state index contributed by atoms with van der Waals surface area (Å²) in [5.41, 5.74) is 0.00108. The molecule has 1 amide bonds. The topological polar surface area (TPSA) is 70.4 Å². The van der Waals surface area contributed by atoms with E-state index in [4.69, 9.17) is 10.00 Å². The van der Waals surface area contributed by atoms with Crippen LogP contribution in [0.15, 0.2) is 48.5 Å². The number of rotatable bonds is 7. The summed E-state index contributed by atoms with van der Waals surface area (Å²) in [5, 5.41) is 8.87. The molecular formula is C23H22F2N2O3. The Labute approximate surface area is 173 Å². The number of carbonyl (C=O) groups is 2. The lowest BCUT2D eigenvalue weighted by molar-refractivity contribution is -0.153. The predicted molar refractivity (Wildman–Crippen MR) is 106 cm³/mol. The van der Waals surface area contributed by atoms with Gasteiger partial charge < -0.3 is 9.64 Å². The van der Waals surface area contributed by atoms with Gasteiger partial charge in [-0.3, -0.25) is 9.59 Å². The molecule has 0 spiro atoms. The minimum atomic E-state index is -0.963. The summed E-state index contributed by atoms with van der Waals surface area (Å²) in [6.07, 6.45) is 2.75. The summed E-state index contributed by atoms with van der Waals surface area (Å²) in [4.78, 5) is 27.0. The standard InChI is InChI=1S/C23H22F2N2O3/c24-18-7-9-20(10-8-18)27(14-4-13-26)21(28)16-30-22(29)23(11-1-2-12-23)17-5-3-6-19(25)15-17/h3,5-10,15H,1-2,4,11-12,14,16H2. The molecule has 7 heteroatoms. The summed E-state index contributed by atoms with van der Waals surface area (Å²) >= 11 is 0. The number of amides is 1. The van der Waals surface area contributed by atoms with Crippen molar-refractivity contribution in [2.75, 3.05) is 18.1 Å². The van der Waals surface area contributed by atoms with E-state index in [0.29, 0.717) is 24.1 Å². The van der Waals surface area contributed by atoms with E-state index in [-0.39, 0.29) is 13.0 Å². The van der Waals surface area contributed by atoms with Gasteiger partial charge in [0.25, 0.3) is 5.91 Å². The van der Waals surface area contributed by atoms with Crippen molar-refractivity contribution >= 4 is 17.6 Å². The molecular weight excluding hydrogens is 390 g/mol. The van der Waals surface area contributed by atoms with Crippen LogP contribution >= 0.6 is 0 Å². The van der Waals surface area contributed by atoms with Crippen molar-refractivity contribution in [1.82, 2.24) is 0 Å². The van der Waals surface area contributed by atoms with Gasteiger partial charge in [0.1, 0.15) is 11.6 Å². The fourth-order valence-corrected chi connectivity index (χ4v) is 3.90. The maximum absolute atomic E-state index is 13.7. The number of anilines is 1. The van der Waals surface area contributed by atoms with Crippen molar-refractivity contribution in [2.24, 2.45) is 0 Å². The predicted octanol–water partition coefficient (Wildman–Crippen LogP) is 4.27. The Balaban J connectivity index is 1.74. The van der Waals surface area contributed by atoms with Crippen LogP contribution < -0.4 is 4.90 Å². The van der Waals surface area contributed by atoms with Gasteiger partial charge in [0.05, 0.1) is 17.9 Å². The average molecular weight is 412 g/mol. The third-order valence-electron chi connectivity index (χ3n) is 5.44. The van der Waals surface area contributed by atoms with Crippen LogP contribution in [0.2, 0.25) is 0 Å². The molecule has 0 bridgehead atoms. The van der Waals surface area contributed by atoms with Crippen LogP contribution in [0.5, 0.6) is 0 Å². The number of hydrogen-bond acceptors (Lipinski definition) is 4. The third kappa shape index (κ3) is 4.65. The van der Waals surface area contributed by atoms with E-state index in [2.05, 4.69) is 0 Å².